The lowest BCUT2D eigenvalue weighted by molar-refractivity contribution is -0.108. The highest BCUT2D eigenvalue weighted by atomic mass is 16.2. The molecule has 0 aliphatic heterocycles. The molecule has 0 aromatic heterocycles. The molecule has 17 heavy (non-hydrogen) atoms. The van der Waals surface area contributed by atoms with Crippen molar-refractivity contribution >= 4 is 6.41 Å². The fraction of sp³-hybridized carbons (Fsp3) is 0.357. The van der Waals surface area contributed by atoms with E-state index in [1.165, 1.54) is 18.9 Å². The number of unbranched alkanes of at least 4 members (excludes halogenated alkanes) is 1. The van der Waals surface area contributed by atoms with Gasteiger partial charge in [-0.3, -0.25) is 4.79 Å². The van der Waals surface area contributed by atoms with Crippen molar-refractivity contribution in [3.63, 3.8) is 0 Å². The van der Waals surface area contributed by atoms with Gasteiger partial charge in [-0.2, -0.15) is 0 Å². The van der Waals surface area contributed by atoms with E-state index in [0.29, 0.717) is 12.1 Å². The number of aliphatic hydroxyl groups is 1. The van der Waals surface area contributed by atoms with Gasteiger partial charge in [0.05, 0.1) is 12.0 Å². The Balaban J connectivity index is 0. The van der Waals surface area contributed by atoms with E-state index < -0.39 is 0 Å². The molecule has 0 aromatic rings. The van der Waals surface area contributed by atoms with E-state index in [9.17, 15) is 4.79 Å². The predicted molar refractivity (Wildman–Crippen MR) is 73.6 cm³/mol. The summed E-state index contributed by atoms with van der Waals surface area (Å²) in [4.78, 5) is 10.2. The highest BCUT2D eigenvalue weighted by Gasteiger charge is 1.95. The van der Waals surface area contributed by atoms with Crippen LogP contribution in [0.5, 0.6) is 0 Å². The third kappa shape index (κ3) is 10.5. The van der Waals surface area contributed by atoms with Gasteiger partial charge in [0.25, 0.3) is 0 Å². The molecule has 0 spiro atoms. The summed E-state index contributed by atoms with van der Waals surface area (Å²) >= 11 is 0. The van der Waals surface area contributed by atoms with Crippen molar-refractivity contribution in [1.82, 2.24) is 5.32 Å². The molecular weight excluding hydrogens is 214 g/mol. The van der Waals surface area contributed by atoms with Crippen LogP contribution in [0.15, 0.2) is 48.4 Å². The molecule has 0 aliphatic carbocycles. The van der Waals surface area contributed by atoms with E-state index in [1.807, 2.05) is 13.0 Å². The van der Waals surface area contributed by atoms with Crippen LogP contribution in [0.3, 0.4) is 0 Å². The Hall–Kier alpha value is -1.77. The van der Waals surface area contributed by atoms with Crippen LogP contribution in [0.4, 0.5) is 0 Å². The average Bonchev–Trinajstić information content (AvgIpc) is 2.36. The van der Waals surface area contributed by atoms with Crippen LogP contribution in [0.1, 0.15) is 33.6 Å². The first kappa shape index (κ1) is 17.6. The number of rotatable bonds is 6. The highest BCUT2D eigenvalue weighted by molar-refractivity contribution is 5.55. The second-order valence-electron chi connectivity index (χ2n) is 3.15. The minimum absolute atomic E-state index is 0.505. The monoisotopic (exact) mass is 237 g/mol. The number of carbonyl (C=O) groups excluding carboxylic acids is 1. The van der Waals surface area contributed by atoms with Crippen LogP contribution < -0.4 is 5.32 Å². The normalized spacial score (nSPS) is 11.7. The van der Waals surface area contributed by atoms with Gasteiger partial charge in [-0.15, -0.1) is 0 Å². The summed E-state index contributed by atoms with van der Waals surface area (Å²) in [6.07, 6.45) is 10.6. The maximum absolute atomic E-state index is 10.2. The van der Waals surface area contributed by atoms with E-state index in [2.05, 4.69) is 25.7 Å². The van der Waals surface area contributed by atoms with Crippen LogP contribution in [-0.4, -0.2) is 11.5 Å². The molecule has 0 aliphatic rings. The van der Waals surface area contributed by atoms with E-state index in [0.717, 1.165) is 11.8 Å². The summed E-state index contributed by atoms with van der Waals surface area (Å²) in [5, 5.41) is 11.0. The van der Waals surface area contributed by atoms with Crippen molar-refractivity contribution < 1.29 is 9.90 Å². The van der Waals surface area contributed by atoms with Gasteiger partial charge in [-0.05, 0) is 18.6 Å². The highest BCUT2D eigenvalue weighted by Crippen LogP contribution is 2.05. The van der Waals surface area contributed by atoms with Crippen molar-refractivity contribution in [2.45, 2.75) is 33.6 Å². The summed E-state index contributed by atoms with van der Waals surface area (Å²) in [5.74, 6) is 0. The zero-order valence-electron chi connectivity index (χ0n) is 10.9. The lowest BCUT2D eigenvalue weighted by atomic mass is 10.2. The Morgan fingerprint density at radius 2 is 1.88 bits per heavy atom. The fourth-order valence-electron chi connectivity index (χ4n) is 0.813. The quantitative estimate of drug-likeness (QED) is 0.421. The Bertz CT molecular complexity index is 287. The molecule has 0 saturated carbocycles. The van der Waals surface area contributed by atoms with E-state index in [4.69, 9.17) is 5.11 Å². The summed E-state index contributed by atoms with van der Waals surface area (Å²) in [6, 6.07) is 0. The predicted octanol–water partition coefficient (Wildman–Crippen LogP) is 3.63. The van der Waals surface area contributed by atoms with Gasteiger partial charge in [-0.25, -0.2) is 0 Å². The molecule has 0 saturated heterocycles. The number of amides is 1. The van der Waals surface area contributed by atoms with Gasteiger partial charge in [0.2, 0.25) is 6.41 Å². The van der Waals surface area contributed by atoms with Gasteiger partial charge >= 0.3 is 0 Å². The van der Waals surface area contributed by atoms with Crippen LogP contribution in [0.2, 0.25) is 0 Å². The molecule has 2 N–H and O–H groups in total. The number of hydrogen-bond acceptors (Lipinski definition) is 2. The first-order chi connectivity index (χ1) is 8.21. The molecule has 0 rings (SSSR count). The van der Waals surface area contributed by atoms with E-state index in [-0.39, 0.29) is 0 Å². The van der Waals surface area contributed by atoms with Gasteiger partial charge in [0.15, 0.2) is 0 Å². The molecule has 3 heteroatoms. The summed E-state index contributed by atoms with van der Waals surface area (Å²) in [5.41, 5.74) is 1.24. The SMILES string of the molecule is C=CC(/C=C\C)=C(\C=C\O)NC=O.CCCC. The smallest absolute Gasteiger partial charge is 0.211 e. The summed E-state index contributed by atoms with van der Waals surface area (Å²) in [7, 11) is 0. The number of nitrogens with one attached hydrogen (secondary N) is 1. The molecule has 0 radical (unpaired) electrons. The third-order valence-electron chi connectivity index (χ3n) is 1.83. The second kappa shape index (κ2) is 14.2. The summed E-state index contributed by atoms with van der Waals surface area (Å²) in [6.45, 7) is 9.80. The molecule has 0 bridgehead atoms. The van der Waals surface area contributed by atoms with E-state index >= 15 is 0 Å². The van der Waals surface area contributed by atoms with Crippen molar-refractivity contribution in [2.24, 2.45) is 0 Å². The summed E-state index contributed by atoms with van der Waals surface area (Å²) < 4.78 is 0. The van der Waals surface area contributed by atoms with Crippen LogP contribution in [0.25, 0.3) is 0 Å². The molecule has 1 amide bonds. The minimum Gasteiger partial charge on any atom is -0.516 e. The van der Waals surface area contributed by atoms with Crippen molar-refractivity contribution in [2.75, 3.05) is 0 Å². The standard InChI is InChI=1S/C10H13NO2.C4H10/c1-3-5-9(4-2)10(6-7-12)11-8-13;1-3-4-2/h3-8,12H,2H2,1H3,(H,11,13);3-4H2,1-2H3/b5-3-,7-6+,10-9-;. The zero-order valence-corrected chi connectivity index (χ0v) is 10.9. The molecule has 0 atom stereocenters. The van der Waals surface area contributed by atoms with Crippen molar-refractivity contribution in [3.05, 3.63) is 48.4 Å². The Labute approximate surface area is 104 Å². The van der Waals surface area contributed by atoms with Crippen LogP contribution in [-0.2, 0) is 4.79 Å². The Morgan fingerprint density at radius 3 is 2.18 bits per heavy atom. The fourth-order valence-corrected chi connectivity index (χ4v) is 0.813. The Kier molecular flexibility index (Phi) is 14.7. The van der Waals surface area contributed by atoms with Crippen molar-refractivity contribution in [1.29, 1.82) is 0 Å². The molecule has 0 aromatic carbocycles. The van der Waals surface area contributed by atoms with Crippen molar-refractivity contribution in [3.8, 4) is 0 Å². The Morgan fingerprint density at radius 1 is 1.29 bits per heavy atom. The number of carbonyl (C=O) groups is 1. The molecule has 0 fully saturated rings. The van der Waals surface area contributed by atoms with Crippen LogP contribution in [0, 0.1) is 0 Å². The minimum atomic E-state index is 0.505. The molecule has 3 nitrogen and oxygen atoms in total. The maximum atomic E-state index is 10.2. The maximum Gasteiger partial charge on any atom is 0.211 e. The molecule has 96 valence electrons. The van der Waals surface area contributed by atoms with Crippen LogP contribution >= 0.6 is 0 Å². The topological polar surface area (TPSA) is 49.3 Å². The van der Waals surface area contributed by atoms with Gasteiger partial charge in [0, 0.05) is 0 Å². The average molecular weight is 237 g/mol. The first-order valence-corrected chi connectivity index (χ1v) is 5.72. The third-order valence-corrected chi connectivity index (χ3v) is 1.83. The largest absolute Gasteiger partial charge is 0.516 e. The molecular formula is C14H23NO2. The first-order valence-electron chi connectivity index (χ1n) is 5.72. The molecule has 0 heterocycles. The van der Waals surface area contributed by atoms with Gasteiger partial charge in [0.1, 0.15) is 0 Å². The van der Waals surface area contributed by atoms with Gasteiger partial charge < -0.3 is 10.4 Å². The lowest BCUT2D eigenvalue weighted by Crippen LogP contribution is -2.10. The number of hydrogen-bond donors (Lipinski definition) is 2. The second-order valence-corrected chi connectivity index (χ2v) is 3.15. The number of aliphatic hydroxyl groups excluding tert-OH is 1. The lowest BCUT2D eigenvalue weighted by Gasteiger charge is -2.02. The van der Waals surface area contributed by atoms with E-state index in [1.54, 1.807) is 12.2 Å². The zero-order chi connectivity index (χ0) is 13.5. The number of allylic oxidation sites excluding steroid dienone is 5. The van der Waals surface area contributed by atoms with Gasteiger partial charge in [-0.1, -0.05) is 51.5 Å². The molecule has 0 unspecified atom stereocenters.